The van der Waals surface area contributed by atoms with Crippen molar-refractivity contribution in [2.75, 3.05) is 0 Å². The van der Waals surface area contributed by atoms with Crippen LogP contribution in [0.3, 0.4) is 0 Å². The molecule has 0 saturated carbocycles. The Morgan fingerprint density at radius 2 is 1.04 bits per heavy atom. The second-order valence-corrected chi connectivity index (χ2v) is 6.27. The average Bonchev–Trinajstić information content (AvgIpc) is 2.63. The lowest BCUT2D eigenvalue weighted by Gasteiger charge is -2.13. The van der Waals surface area contributed by atoms with E-state index in [1.165, 1.54) is 0 Å². The van der Waals surface area contributed by atoms with Crippen molar-refractivity contribution in [1.82, 2.24) is 0 Å². The van der Waals surface area contributed by atoms with Gasteiger partial charge in [-0.3, -0.25) is 4.79 Å². The summed E-state index contributed by atoms with van der Waals surface area (Å²) < 4.78 is 1.04. The SMILES string of the molecule is O=C(c1ccccc1)c1c2ccccc2c(Br)c2ccccc12. The maximum absolute atomic E-state index is 13.2. The molecule has 1 nitrogen and oxygen atoms in total. The molecule has 0 unspecified atom stereocenters. The maximum Gasteiger partial charge on any atom is 0.194 e. The van der Waals surface area contributed by atoms with Gasteiger partial charge in [0.05, 0.1) is 0 Å². The summed E-state index contributed by atoms with van der Waals surface area (Å²) in [5.74, 6) is 0.0606. The highest BCUT2D eigenvalue weighted by molar-refractivity contribution is 9.10. The summed E-state index contributed by atoms with van der Waals surface area (Å²) in [7, 11) is 0. The Labute approximate surface area is 142 Å². The minimum absolute atomic E-state index is 0.0606. The maximum atomic E-state index is 13.2. The Hall–Kier alpha value is -2.45. The van der Waals surface area contributed by atoms with Crippen LogP contribution in [0.5, 0.6) is 0 Å². The Kier molecular flexibility index (Phi) is 3.47. The third-order valence-corrected chi connectivity index (χ3v) is 4.98. The van der Waals surface area contributed by atoms with E-state index in [1.54, 1.807) is 0 Å². The Bertz CT molecular complexity index is 979. The number of ketones is 1. The Morgan fingerprint density at radius 1 is 0.609 bits per heavy atom. The predicted molar refractivity (Wildman–Crippen MR) is 99.0 cm³/mol. The summed E-state index contributed by atoms with van der Waals surface area (Å²) in [5.41, 5.74) is 1.48. The first-order chi connectivity index (χ1) is 11.3. The van der Waals surface area contributed by atoms with Crippen LogP contribution in [0, 0.1) is 0 Å². The van der Waals surface area contributed by atoms with Crippen molar-refractivity contribution in [2.45, 2.75) is 0 Å². The summed E-state index contributed by atoms with van der Waals surface area (Å²) in [5, 5.41) is 4.08. The molecule has 0 radical (unpaired) electrons. The van der Waals surface area contributed by atoms with Crippen LogP contribution < -0.4 is 0 Å². The summed E-state index contributed by atoms with van der Waals surface area (Å²) in [6.45, 7) is 0. The Morgan fingerprint density at radius 3 is 1.57 bits per heavy atom. The molecule has 23 heavy (non-hydrogen) atoms. The first-order valence-corrected chi connectivity index (χ1v) is 8.25. The van der Waals surface area contributed by atoms with Crippen LogP contribution in [0.25, 0.3) is 21.5 Å². The van der Waals surface area contributed by atoms with Crippen molar-refractivity contribution in [3.05, 3.63) is 94.5 Å². The number of halogens is 1. The lowest BCUT2D eigenvalue weighted by Crippen LogP contribution is -2.03. The fraction of sp³-hybridized carbons (Fsp3) is 0. The van der Waals surface area contributed by atoms with Gasteiger partial charge >= 0.3 is 0 Å². The van der Waals surface area contributed by atoms with Crippen molar-refractivity contribution in [3.63, 3.8) is 0 Å². The average molecular weight is 361 g/mol. The molecule has 0 amide bonds. The largest absolute Gasteiger partial charge is 0.289 e. The molecule has 2 heteroatoms. The molecule has 4 aromatic rings. The second-order valence-electron chi connectivity index (χ2n) is 5.48. The zero-order valence-corrected chi connectivity index (χ0v) is 13.9. The lowest BCUT2D eigenvalue weighted by atomic mass is 9.91. The van der Waals surface area contributed by atoms with Gasteiger partial charge in [-0.05, 0) is 37.5 Å². The van der Waals surface area contributed by atoms with E-state index in [4.69, 9.17) is 0 Å². The molecule has 0 aliphatic carbocycles. The van der Waals surface area contributed by atoms with Crippen LogP contribution in [0.15, 0.2) is 83.3 Å². The Balaban J connectivity index is 2.15. The molecule has 4 rings (SSSR count). The number of rotatable bonds is 2. The van der Waals surface area contributed by atoms with Gasteiger partial charge in [-0.1, -0.05) is 78.9 Å². The van der Waals surface area contributed by atoms with E-state index in [0.717, 1.165) is 31.6 Å². The molecular formula is C21H13BrO. The highest BCUT2D eigenvalue weighted by atomic mass is 79.9. The molecule has 110 valence electrons. The van der Waals surface area contributed by atoms with Crippen molar-refractivity contribution < 1.29 is 4.79 Å². The van der Waals surface area contributed by atoms with Crippen LogP contribution >= 0.6 is 15.9 Å². The van der Waals surface area contributed by atoms with Gasteiger partial charge in [-0.25, -0.2) is 0 Å². The van der Waals surface area contributed by atoms with E-state index in [9.17, 15) is 4.79 Å². The van der Waals surface area contributed by atoms with Gasteiger partial charge in [0.15, 0.2) is 5.78 Å². The first kappa shape index (κ1) is 14.2. The summed E-state index contributed by atoms with van der Waals surface area (Å²) in [6.07, 6.45) is 0. The lowest BCUT2D eigenvalue weighted by molar-refractivity contribution is 0.104. The molecule has 0 heterocycles. The third kappa shape index (κ3) is 2.27. The molecule has 0 fully saturated rings. The van der Waals surface area contributed by atoms with Crippen LogP contribution in [-0.2, 0) is 0 Å². The molecule has 4 aromatic carbocycles. The predicted octanol–water partition coefficient (Wildman–Crippen LogP) is 5.99. The second kappa shape index (κ2) is 5.64. The van der Waals surface area contributed by atoms with Crippen LogP contribution in [-0.4, -0.2) is 5.78 Å². The van der Waals surface area contributed by atoms with E-state index in [0.29, 0.717) is 5.56 Å². The topological polar surface area (TPSA) is 17.1 Å². The summed E-state index contributed by atoms with van der Waals surface area (Å²) in [4.78, 5) is 13.2. The number of hydrogen-bond acceptors (Lipinski definition) is 1. The first-order valence-electron chi connectivity index (χ1n) is 7.46. The number of hydrogen-bond donors (Lipinski definition) is 0. The molecular weight excluding hydrogens is 348 g/mol. The number of fused-ring (bicyclic) bond motifs is 2. The van der Waals surface area contributed by atoms with Crippen molar-refractivity contribution in [2.24, 2.45) is 0 Å². The van der Waals surface area contributed by atoms with Crippen molar-refractivity contribution in [1.29, 1.82) is 0 Å². The van der Waals surface area contributed by atoms with E-state index < -0.39 is 0 Å². The van der Waals surface area contributed by atoms with Gasteiger partial charge in [0.1, 0.15) is 0 Å². The highest BCUT2D eigenvalue weighted by Gasteiger charge is 2.18. The summed E-state index contributed by atoms with van der Waals surface area (Å²) in [6, 6.07) is 25.5. The molecule has 0 spiro atoms. The molecule has 0 aliphatic heterocycles. The molecule has 0 aliphatic rings. The number of carbonyl (C=O) groups excluding carboxylic acids is 1. The number of benzene rings is 4. The van der Waals surface area contributed by atoms with Gasteiger partial charge in [0, 0.05) is 15.6 Å². The molecule has 0 saturated heterocycles. The quantitative estimate of drug-likeness (QED) is 0.317. The zero-order chi connectivity index (χ0) is 15.8. The highest BCUT2D eigenvalue weighted by Crippen LogP contribution is 2.37. The van der Waals surface area contributed by atoms with E-state index >= 15 is 0 Å². The van der Waals surface area contributed by atoms with Gasteiger partial charge in [0.25, 0.3) is 0 Å². The van der Waals surface area contributed by atoms with Gasteiger partial charge in [-0.15, -0.1) is 0 Å². The van der Waals surface area contributed by atoms with Gasteiger partial charge < -0.3 is 0 Å². The minimum atomic E-state index is 0.0606. The van der Waals surface area contributed by atoms with Crippen molar-refractivity contribution in [3.8, 4) is 0 Å². The monoisotopic (exact) mass is 360 g/mol. The zero-order valence-electron chi connectivity index (χ0n) is 12.3. The molecule has 0 N–H and O–H groups in total. The van der Waals surface area contributed by atoms with E-state index in [1.807, 2.05) is 78.9 Å². The van der Waals surface area contributed by atoms with Gasteiger partial charge in [-0.2, -0.15) is 0 Å². The normalized spacial score (nSPS) is 11.0. The summed E-state index contributed by atoms with van der Waals surface area (Å²) >= 11 is 3.71. The number of carbonyl (C=O) groups is 1. The smallest absolute Gasteiger partial charge is 0.194 e. The van der Waals surface area contributed by atoms with Crippen molar-refractivity contribution >= 4 is 43.3 Å². The standard InChI is InChI=1S/C21H13BrO/c22-20-17-12-6-4-10-15(17)19(16-11-5-7-13-18(16)20)21(23)14-8-2-1-3-9-14/h1-13H. The van der Waals surface area contributed by atoms with Crippen LogP contribution in [0.4, 0.5) is 0 Å². The fourth-order valence-electron chi connectivity index (χ4n) is 3.05. The van der Waals surface area contributed by atoms with Crippen LogP contribution in [0.2, 0.25) is 0 Å². The van der Waals surface area contributed by atoms with E-state index in [2.05, 4.69) is 15.9 Å². The van der Waals surface area contributed by atoms with Crippen LogP contribution in [0.1, 0.15) is 15.9 Å². The molecule has 0 atom stereocenters. The van der Waals surface area contributed by atoms with E-state index in [-0.39, 0.29) is 5.78 Å². The minimum Gasteiger partial charge on any atom is -0.289 e. The third-order valence-electron chi connectivity index (χ3n) is 4.13. The molecule has 0 bridgehead atoms. The molecule has 0 aromatic heterocycles. The van der Waals surface area contributed by atoms with Gasteiger partial charge in [0.2, 0.25) is 0 Å². The fourth-order valence-corrected chi connectivity index (χ4v) is 3.75.